The zero-order valence-corrected chi connectivity index (χ0v) is 11.2. The van der Waals surface area contributed by atoms with E-state index in [0.717, 1.165) is 6.07 Å². The first kappa shape index (κ1) is 13.2. The summed E-state index contributed by atoms with van der Waals surface area (Å²) >= 11 is 8.62. The predicted molar refractivity (Wildman–Crippen MR) is 65.4 cm³/mol. The molecule has 7 heteroatoms. The molecule has 0 spiro atoms. The van der Waals surface area contributed by atoms with Gasteiger partial charge in [0.05, 0.1) is 0 Å². The number of hydrogen-bond donors (Lipinski definition) is 0. The van der Waals surface area contributed by atoms with Gasteiger partial charge in [0.15, 0.2) is 16.7 Å². The molecule has 0 aliphatic carbocycles. The Morgan fingerprint density at radius 1 is 1.22 bits per heavy atom. The molecule has 1 heterocycles. The number of nitrogens with zero attached hydrogens (tertiary/aromatic N) is 2. The fraction of sp³-hybridized carbons (Fsp3) is 0.0909. The van der Waals surface area contributed by atoms with Crippen LogP contribution in [0.5, 0.6) is 5.75 Å². The molecule has 0 radical (unpaired) electrons. The molecule has 18 heavy (non-hydrogen) atoms. The fourth-order valence-electron chi connectivity index (χ4n) is 1.21. The van der Waals surface area contributed by atoms with Gasteiger partial charge in [-0.2, -0.15) is 9.49 Å². The van der Waals surface area contributed by atoms with Crippen molar-refractivity contribution >= 4 is 27.5 Å². The summed E-state index contributed by atoms with van der Waals surface area (Å²) in [6.07, 6.45) is 0. The van der Waals surface area contributed by atoms with E-state index in [1.165, 1.54) is 12.1 Å². The largest absolute Gasteiger partial charge is 0.484 e. The lowest BCUT2D eigenvalue weighted by molar-refractivity contribution is 0.279. The summed E-state index contributed by atoms with van der Waals surface area (Å²) in [7, 11) is 0. The van der Waals surface area contributed by atoms with Crippen LogP contribution in [-0.4, -0.2) is 10.2 Å². The van der Waals surface area contributed by atoms with Crippen LogP contribution in [-0.2, 0) is 6.61 Å². The van der Waals surface area contributed by atoms with E-state index < -0.39 is 11.6 Å². The van der Waals surface area contributed by atoms with Gasteiger partial charge < -0.3 is 4.74 Å². The molecule has 0 bridgehead atoms. The van der Waals surface area contributed by atoms with E-state index in [-0.39, 0.29) is 17.5 Å². The SMILES string of the molecule is Fc1cc(Br)cc(OCc2ccc(Cl)nn2)c1F. The van der Waals surface area contributed by atoms with Crippen LogP contribution >= 0.6 is 27.5 Å². The first-order valence-electron chi connectivity index (χ1n) is 4.81. The topological polar surface area (TPSA) is 35.0 Å². The summed E-state index contributed by atoms with van der Waals surface area (Å²) in [5, 5.41) is 7.59. The molecule has 0 saturated carbocycles. The van der Waals surface area contributed by atoms with Gasteiger partial charge in [-0.05, 0) is 24.3 Å². The van der Waals surface area contributed by atoms with Gasteiger partial charge in [0.25, 0.3) is 0 Å². The summed E-state index contributed by atoms with van der Waals surface area (Å²) in [5.41, 5.74) is 0.458. The van der Waals surface area contributed by atoms with E-state index >= 15 is 0 Å². The number of benzene rings is 1. The predicted octanol–water partition coefficient (Wildman–Crippen LogP) is 3.75. The molecular formula is C11H6BrClF2N2O. The third kappa shape index (κ3) is 3.14. The molecule has 0 aliphatic rings. The second-order valence-corrected chi connectivity index (χ2v) is 4.64. The van der Waals surface area contributed by atoms with Gasteiger partial charge in [-0.25, -0.2) is 4.39 Å². The molecule has 1 aromatic carbocycles. The molecule has 0 amide bonds. The van der Waals surface area contributed by atoms with Crippen LogP contribution in [0.1, 0.15) is 5.69 Å². The molecule has 0 N–H and O–H groups in total. The minimum atomic E-state index is -1.04. The zero-order chi connectivity index (χ0) is 13.1. The molecule has 2 aromatic rings. The van der Waals surface area contributed by atoms with Crippen molar-refractivity contribution in [3.8, 4) is 5.75 Å². The van der Waals surface area contributed by atoms with Crippen LogP contribution in [0, 0.1) is 11.6 Å². The first-order chi connectivity index (χ1) is 8.56. The molecule has 0 aliphatic heterocycles. The van der Waals surface area contributed by atoms with Crippen molar-refractivity contribution < 1.29 is 13.5 Å². The van der Waals surface area contributed by atoms with Crippen LogP contribution in [0.2, 0.25) is 5.15 Å². The molecular weight excluding hydrogens is 329 g/mol. The number of halogens is 4. The van der Waals surface area contributed by atoms with Crippen LogP contribution in [0.3, 0.4) is 0 Å². The summed E-state index contributed by atoms with van der Waals surface area (Å²) in [4.78, 5) is 0. The standard InChI is InChI=1S/C11H6BrClF2N2O/c12-6-3-8(14)11(15)9(4-6)18-5-7-1-2-10(13)17-16-7/h1-4H,5H2. The van der Waals surface area contributed by atoms with E-state index in [4.69, 9.17) is 16.3 Å². The number of rotatable bonds is 3. The van der Waals surface area contributed by atoms with Crippen LogP contribution in [0.4, 0.5) is 8.78 Å². The Bertz CT molecular complexity index is 566. The highest BCUT2D eigenvalue weighted by Gasteiger charge is 2.11. The maximum absolute atomic E-state index is 13.4. The van der Waals surface area contributed by atoms with Crippen molar-refractivity contribution in [1.82, 2.24) is 10.2 Å². The highest BCUT2D eigenvalue weighted by Crippen LogP contribution is 2.25. The highest BCUT2D eigenvalue weighted by molar-refractivity contribution is 9.10. The molecule has 0 atom stereocenters. The molecule has 0 saturated heterocycles. The van der Waals surface area contributed by atoms with Gasteiger partial charge in [-0.15, -0.1) is 5.10 Å². The van der Waals surface area contributed by atoms with Crippen molar-refractivity contribution in [3.05, 3.63) is 51.2 Å². The van der Waals surface area contributed by atoms with Gasteiger partial charge in [0, 0.05) is 4.47 Å². The minimum absolute atomic E-state index is 0.0308. The highest BCUT2D eigenvalue weighted by atomic mass is 79.9. The van der Waals surface area contributed by atoms with E-state index in [0.29, 0.717) is 10.2 Å². The zero-order valence-electron chi connectivity index (χ0n) is 8.83. The van der Waals surface area contributed by atoms with Gasteiger partial charge >= 0.3 is 0 Å². The van der Waals surface area contributed by atoms with Crippen LogP contribution in [0.15, 0.2) is 28.7 Å². The summed E-state index contributed by atoms with van der Waals surface area (Å²) in [5.74, 6) is -2.22. The van der Waals surface area contributed by atoms with Gasteiger partial charge in [-0.1, -0.05) is 27.5 Å². The lowest BCUT2D eigenvalue weighted by Gasteiger charge is -2.07. The monoisotopic (exact) mass is 334 g/mol. The van der Waals surface area contributed by atoms with Gasteiger partial charge in [0.1, 0.15) is 12.3 Å². The van der Waals surface area contributed by atoms with Crippen molar-refractivity contribution in [2.75, 3.05) is 0 Å². The smallest absolute Gasteiger partial charge is 0.200 e. The molecule has 94 valence electrons. The summed E-state index contributed by atoms with van der Waals surface area (Å²) < 4.78 is 32.0. The number of aromatic nitrogens is 2. The molecule has 2 rings (SSSR count). The fourth-order valence-corrected chi connectivity index (χ4v) is 1.72. The second kappa shape index (κ2) is 5.58. The normalized spacial score (nSPS) is 10.4. The average molecular weight is 336 g/mol. The Hall–Kier alpha value is -1.27. The van der Waals surface area contributed by atoms with Crippen LogP contribution < -0.4 is 4.74 Å². The lowest BCUT2D eigenvalue weighted by atomic mass is 10.3. The third-order valence-corrected chi connectivity index (χ3v) is 2.68. The van der Waals surface area contributed by atoms with Crippen molar-refractivity contribution in [2.45, 2.75) is 6.61 Å². The maximum Gasteiger partial charge on any atom is 0.200 e. The molecule has 0 unspecified atom stereocenters. The maximum atomic E-state index is 13.4. The van der Waals surface area contributed by atoms with Crippen molar-refractivity contribution in [3.63, 3.8) is 0 Å². The first-order valence-corrected chi connectivity index (χ1v) is 5.99. The Labute approximate surface area is 115 Å². The number of hydrogen-bond acceptors (Lipinski definition) is 3. The van der Waals surface area contributed by atoms with Crippen molar-refractivity contribution in [1.29, 1.82) is 0 Å². The minimum Gasteiger partial charge on any atom is -0.484 e. The lowest BCUT2D eigenvalue weighted by Crippen LogP contribution is -2.02. The van der Waals surface area contributed by atoms with E-state index in [1.807, 2.05) is 0 Å². The average Bonchev–Trinajstić information content (AvgIpc) is 2.34. The van der Waals surface area contributed by atoms with Crippen molar-refractivity contribution in [2.24, 2.45) is 0 Å². The quantitative estimate of drug-likeness (QED) is 0.801. The molecule has 1 aromatic heterocycles. The van der Waals surface area contributed by atoms with E-state index in [1.54, 1.807) is 6.07 Å². The summed E-state index contributed by atoms with van der Waals surface area (Å²) in [6, 6.07) is 5.47. The Morgan fingerprint density at radius 2 is 2.00 bits per heavy atom. The molecule has 0 fully saturated rings. The Kier molecular flexibility index (Phi) is 4.08. The van der Waals surface area contributed by atoms with E-state index in [2.05, 4.69) is 26.1 Å². The Balaban J connectivity index is 2.13. The van der Waals surface area contributed by atoms with E-state index in [9.17, 15) is 8.78 Å². The van der Waals surface area contributed by atoms with Gasteiger partial charge in [-0.3, -0.25) is 0 Å². The second-order valence-electron chi connectivity index (χ2n) is 3.34. The molecule has 3 nitrogen and oxygen atoms in total. The van der Waals surface area contributed by atoms with Gasteiger partial charge in [0.2, 0.25) is 5.82 Å². The van der Waals surface area contributed by atoms with Crippen LogP contribution in [0.25, 0.3) is 0 Å². The Morgan fingerprint density at radius 3 is 2.67 bits per heavy atom. The third-order valence-electron chi connectivity index (χ3n) is 2.02. The summed E-state index contributed by atoms with van der Waals surface area (Å²) in [6.45, 7) is -0.0308. The number of ether oxygens (including phenoxy) is 1.